The van der Waals surface area contributed by atoms with E-state index in [0.29, 0.717) is 5.92 Å². The summed E-state index contributed by atoms with van der Waals surface area (Å²) in [5.74, 6) is 1.59. The molecular formula is C14H16O. The van der Waals surface area contributed by atoms with Crippen LogP contribution in [0.25, 0.3) is 0 Å². The predicted molar refractivity (Wildman–Crippen MR) is 61.9 cm³/mol. The maximum atomic E-state index is 5.38. The summed E-state index contributed by atoms with van der Waals surface area (Å²) in [5.41, 5.74) is 1.40. The molecule has 2 rings (SSSR count). The molecule has 1 heteroatoms. The van der Waals surface area contributed by atoms with Crippen LogP contribution in [0, 0.1) is 0 Å². The highest BCUT2D eigenvalue weighted by atomic mass is 16.3. The van der Waals surface area contributed by atoms with Crippen molar-refractivity contribution in [2.45, 2.75) is 25.7 Å². The molecule has 1 atom stereocenters. The molecule has 0 amide bonds. The summed E-state index contributed by atoms with van der Waals surface area (Å²) in [7, 11) is 0. The van der Waals surface area contributed by atoms with E-state index in [2.05, 4.69) is 43.3 Å². The van der Waals surface area contributed by atoms with Crippen LogP contribution in [0.1, 0.15) is 30.6 Å². The van der Waals surface area contributed by atoms with E-state index in [9.17, 15) is 0 Å². The van der Waals surface area contributed by atoms with Crippen molar-refractivity contribution in [1.82, 2.24) is 0 Å². The molecule has 1 heterocycles. The Morgan fingerprint density at radius 1 is 1.07 bits per heavy atom. The SMILES string of the molecule is C[C@H](CCc1ccccc1)c1ccco1. The lowest BCUT2D eigenvalue weighted by atomic mass is 9.99. The topological polar surface area (TPSA) is 13.1 Å². The fourth-order valence-electron chi connectivity index (χ4n) is 1.74. The van der Waals surface area contributed by atoms with Crippen molar-refractivity contribution in [3.05, 3.63) is 60.1 Å². The summed E-state index contributed by atoms with van der Waals surface area (Å²) in [6, 6.07) is 14.6. The Morgan fingerprint density at radius 3 is 2.53 bits per heavy atom. The van der Waals surface area contributed by atoms with Gasteiger partial charge in [0, 0.05) is 5.92 Å². The molecule has 1 nitrogen and oxygen atoms in total. The molecule has 0 unspecified atom stereocenters. The molecule has 0 bridgehead atoms. The molecule has 0 fully saturated rings. The van der Waals surface area contributed by atoms with Crippen LogP contribution in [0.5, 0.6) is 0 Å². The Kier molecular flexibility index (Phi) is 3.23. The van der Waals surface area contributed by atoms with Crippen molar-refractivity contribution in [2.75, 3.05) is 0 Å². The Morgan fingerprint density at radius 2 is 1.87 bits per heavy atom. The van der Waals surface area contributed by atoms with Crippen LogP contribution in [0.3, 0.4) is 0 Å². The van der Waals surface area contributed by atoms with Crippen LogP contribution in [-0.4, -0.2) is 0 Å². The number of furan rings is 1. The highest BCUT2D eigenvalue weighted by molar-refractivity contribution is 5.15. The third-order valence-electron chi connectivity index (χ3n) is 2.74. The van der Waals surface area contributed by atoms with Crippen LogP contribution < -0.4 is 0 Å². The van der Waals surface area contributed by atoms with Gasteiger partial charge in [-0.2, -0.15) is 0 Å². The highest BCUT2D eigenvalue weighted by Crippen LogP contribution is 2.21. The average Bonchev–Trinajstić information content (AvgIpc) is 2.81. The summed E-state index contributed by atoms with van der Waals surface area (Å²) in [6.07, 6.45) is 3.99. The van der Waals surface area contributed by atoms with Crippen LogP contribution in [0.4, 0.5) is 0 Å². The van der Waals surface area contributed by atoms with E-state index in [1.54, 1.807) is 6.26 Å². The first-order valence-corrected chi connectivity index (χ1v) is 5.43. The Hall–Kier alpha value is -1.50. The van der Waals surface area contributed by atoms with E-state index < -0.39 is 0 Å². The smallest absolute Gasteiger partial charge is 0.106 e. The molecule has 0 saturated carbocycles. The normalized spacial score (nSPS) is 12.6. The molecule has 0 aliphatic rings. The van der Waals surface area contributed by atoms with Crippen LogP contribution >= 0.6 is 0 Å². The Labute approximate surface area is 90.7 Å². The Bertz CT molecular complexity index is 375. The van der Waals surface area contributed by atoms with Gasteiger partial charge in [0.05, 0.1) is 6.26 Å². The second-order valence-corrected chi connectivity index (χ2v) is 3.94. The minimum Gasteiger partial charge on any atom is -0.469 e. The first-order chi connectivity index (χ1) is 7.36. The van der Waals surface area contributed by atoms with E-state index >= 15 is 0 Å². The van der Waals surface area contributed by atoms with Crippen LogP contribution in [-0.2, 0) is 6.42 Å². The molecule has 0 spiro atoms. The lowest BCUT2D eigenvalue weighted by Crippen LogP contribution is -1.94. The Balaban J connectivity index is 1.89. The van der Waals surface area contributed by atoms with Crippen molar-refractivity contribution in [1.29, 1.82) is 0 Å². The largest absolute Gasteiger partial charge is 0.469 e. The maximum absolute atomic E-state index is 5.38. The molecule has 0 N–H and O–H groups in total. The summed E-state index contributed by atoms with van der Waals surface area (Å²) in [5, 5.41) is 0. The summed E-state index contributed by atoms with van der Waals surface area (Å²) >= 11 is 0. The highest BCUT2D eigenvalue weighted by Gasteiger charge is 2.07. The number of hydrogen-bond acceptors (Lipinski definition) is 1. The molecule has 0 aliphatic heterocycles. The van der Waals surface area contributed by atoms with E-state index in [4.69, 9.17) is 4.42 Å². The fourth-order valence-corrected chi connectivity index (χ4v) is 1.74. The van der Waals surface area contributed by atoms with E-state index in [-0.39, 0.29) is 0 Å². The number of rotatable bonds is 4. The quantitative estimate of drug-likeness (QED) is 0.726. The second-order valence-electron chi connectivity index (χ2n) is 3.94. The number of benzene rings is 1. The van der Waals surface area contributed by atoms with Gasteiger partial charge in [-0.3, -0.25) is 0 Å². The van der Waals surface area contributed by atoms with Crippen molar-refractivity contribution in [3.8, 4) is 0 Å². The average molecular weight is 200 g/mol. The molecule has 0 radical (unpaired) electrons. The zero-order valence-corrected chi connectivity index (χ0v) is 9.02. The molecule has 15 heavy (non-hydrogen) atoms. The third kappa shape index (κ3) is 2.72. The molecule has 1 aromatic heterocycles. The molecular weight excluding hydrogens is 184 g/mol. The van der Waals surface area contributed by atoms with Gasteiger partial charge in [-0.1, -0.05) is 37.3 Å². The second kappa shape index (κ2) is 4.83. The zero-order chi connectivity index (χ0) is 10.5. The van der Waals surface area contributed by atoms with Gasteiger partial charge in [0.1, 0.15) is 5.76 Å². The van der Waals surface area contributed by atoms with Gasteiger partial charge in [0.25, 0.3) is 0 Å². The fraction of sp³-hybridized carbons (Fsp3) is 0.286. The standard InChI is InChI=1S/C14H16O/c1-12(14-8-5-11-15-14)9-10-13-6-3-2-4-7-13/h2-8,11-12H,9-10H2,1H3/t12-/m1/s1. The van der Waals surface area contributed by atoms with Crippen molar-refractivity contribution < 1.29 is 4.42 Å². The van der Waals surface area contributed by atoms with E-state index in [1.807, 2.05) is 6.07 Å². The zero-order valence-electron chi connectivity index (χ0n) is 9.02. The van der Waals surface area contributed by atoms with Gasteiger partial charge >= 0.3 is 0 Å². The van der Waals surface area contributed by atoms with Gasteiger partial charge in [-0.15, -0.1) is 0 Å². The van der Waals surface area contributed by atoms with Crippen LogP contribution in [0.2, 0.25) is 0 Å². The summed E-state index contributed by atoms with van der Waals surface area (Å²) in [6.45, 7) is 2.21. The first-order valence-electron chi connectivity index (χ1n) is 5.43. The number of aryl methyl sites for hydroxylation is 1. The predicted octanol–water partition coefficient (Wildman–Crippen LogP) is 4.02. The van der Waals surface area contributed by atoms with Gasteiger partial charge in [-0.25, -0.2) is 0 Å². The maximum Gasteiger partial charge on any atom is 0.106 e. The number of hydrogen-bond donors (Lipinski definition) is 0. The lowest BCUT2D eigenvalue weighted by molar-refractivity contribution is 0.462. The van der Waals surface area contributed by atoms with Crippen molar-refractivity contribution in [2.24, 2.45) is 0 Å². The van der Waals surface area contributed by atoms with Gasteiger partial charge in [0.2, 0.25) is 0 Å². The van der Waals surface area contributed by atoms with E-state index in [1.165, 1.54) is 5.56 Å². The third-order valence-corrected chi connectivity index (χ3v) is 2.74. The van der Waals surface area contributed by atoms with E-state index in [0.717, 1.165) is 18.6 Å². The minimum absolute atomic E-state index is 0.500. The molecule has 78 valence electrons. The first kappa shape index (κ1) is 10.0. The van der Waals surface area contributed by atoms with Gasteiger partial charge in [0.15, 0.2) is 0 Å². The monoisotopic (exact) mass is 200 g/mol. The van der Waals surface area contributed by atoms with Gasteiger partial charge in [-0.05, 0) is 30.5 Å². The molecule has 1 aromatic carbocycles. The summed E-state index contributed by atoms with van der Waals surface area (Å²) < 4.78 is 5.38. The molecule has 2 aromatic rings. The molecule has 0 saturated heterocycles. The van der Waals surface area contributed by atoms with Crippen LogP contribution in [0.15, 0.2) is 53.1 Å². The summed E-state index contributed by atoms with van der Waals surface area (Å²) in [4.78, 5) is 0. The molecule has 0 aliphatic carbocycles. The van der Waals surface area contributed by atoms with Crippen molar-refractivity contribution >= 4 is 0 Å². The lowest BCUT2D eigenvalue weighted by Gasteiger charge is -2.07. The minimum atomic E-state index is 0.500. The van der Waals surface area contributed by atoms with Gasteiger partial charge < -0.3 is 4.42 Å². The van der Waals surface area contributed by atoms with Crippen molar-refractivity contribution in [3.63, 3.8) is 0 Å².